The fourth-order valence-electron chi connectivity index (χ4n) is 2.92. The highest BCUT2D eigenvalue weighted by atomic mass is 16.5. The third-order valence-electron chi connectivity index (χ3n) is 4.18. The van der Waals surface area contributed by atoms with Gasteiger partial charge in [-0.25, -0.2) is 4.79 Å². The Morgan fingerprint density at radius 1 is 1.17 bits per heavy atom. The number of ether oxygens (including phenoxy) is 1. The Morgan fingerprint density at radius 3 is 2.71 bits per heavy atom. The van der Waals surface area contributed by atoms with Gasteiger partial charge in [-0.15, -0.1) is 0 Å². The molecule has 1 aromatic heterocycles. The van der Waals surface area contributed by atoms with Crippen LogP contribution < -0.4 is 0 Å². The van der Waals surface area contributed by atoms with Gasteiger partial charge in [-0.1, -0.05) is 30.3 Å². The molecular weight excluding hydrogens is 300 g/mol. The fourth-order valence-corrected chi connectivity index (χ4v) is 2.92. The molecule has 1 aliphatic rings. The zero-order valence-corrected chi connectivity index (χ0v) is 14.2. The molecule has 0 radical (unpaired) electrons. The number of hydrogen-bond acceptors (Lipinski definition) is 4. The average Bonchev–Trinajstić information content (AvgIpc) is 2.94. The van der Waals surface area contributed by atoms with Gasteiger partial charge in [-0.3, -0.25) is 4.98 Å². The molecule has 0 saturated carbocycles. The third kappa shape index (κ3) is 3.71. The molecule has 0 unspecified atom stereocenters. The summed E-state index contributed by atoms with van der Waals surface area (Å²) < 4.78 is 5.48. The van der Waals surface area contributed by atoms with E-state index in [4.69, 9.17) is 4.74 Å². The molecule has 0 spiro atoms. The molecule has 1 aliphatic carbocycles. The first-order valence-electron chi connectivity index (χ1n) is 8.17. The molecule has 2 aromatic rings. The van der Waals surface area contributed by atoms with E-state index in [1.54, 1.807) is 6.20 Å². The summed E-state index contributed by atoms with van der Waals surface area (Å²) in [6, 6.07) is 14.0. The molecule has 24 heavy (non-hydrogen) atoms. The van der Waals surface area contributed by atoms with Crippen LogP contribution in [0.25, 0.3) is 5.57 Å². The van der Waals surface area contributed by atoms with E-state index in [-0.39, 0.29) is 5.97 Å². The second-order valence-corrected chi connectivity index (χ2v) is 6.23. The molecule has 0 saturated heterocycles. The Morgan fingerprint density at radius 2 is 1.96 bits per heavy atom. The summed E-state index contributed by atoms with van der Waals surface area (Å²) >= 11 is 0. The van der Waals surface area contributed by atoms with Crippen molar-refractivity contribution in [3.05, 3.63) is 71.1 Å². The van der Waals surface area contributed by atoms with Crippen molar-refractivity contribution in [3.63, 3.8) is 0 Å². The number of likely N-dealkylation sites (N-methyl/N-ethyl adjacent to an activating group) is 1. The smallest absolute Gasteiger partial charge is 0.334 e. The van der Waals surface area contributed by atoms with Gasteiger partial charge < -0.3 is 9.64 Å². The van der Waals surface area contributed by atoms with Gasteiger partial charge in [0.25, 0.3) is 0 Å². The number of aromatic nitrogens is 1. The molecule has 124 valence electrons. The van der Waals surface area contributed by atoms with Gasteiger partial charge in [0.1, 0.15) is 6.61 Å². The van der Waals surface area contributed by atoms with Crippen molar-refractivity contribution in [1.82, 2.24) is 9.88 Å². The third-order valence-corrected chi connectivity index (χ3v) is 4.18. The first kappa shape index (κ1) is 16.4. The number of hydrogen-bond donors (Lipinski definition) is 0. The Kier molecular flexibility index (Phi) is 5.06. The van der Waals surface area contributed by atoms with E-state index in [2.05, 4.69) is 17.1 Å². The van der Waals surface area contributed by atoms with Crippen LogP contribution in [0, 0.1) is 0 Å². The van der Waals surface area contributed by atoms with E-state index in [1.165, 1.54) is 5.56 Å². The summed E-state index contributed by atoms with van der Waals surface area (Å²) in [6.45, 7) is 1.13. The maximum atomic E-state index is 12.6. The van der Waals surface area contributed by atoms with Crippen LogP contribution >= 0.6 is 0 Å². The number of carbonyl (C=O) groups is 1. The maximum absolute atomic E-state index is 12.6. The van der Waals surface area contributed by atoms with Gasteiger partial charge >= 0.3 is 5.97 Å². The van der Waals surface area contributed by atoms with E-state index in [0.717, 1.165) is 28.9 Å². The first-order chi connectivity index (χ1) is 11.6. The predicted octanol–water partition coefficient (Wildman–Crippen LogP) is 2.74. The number of carbonyl (C=O) groups excluding carboxylic acids is 1. The van der Waals surface area contributed by atoms with Crippen LogP contribution in [0.3, 0.4) is 0 Å². The second kappa shape index (κ2) is 7.41. The number of pyridine rings is 1. The van der Waals surface area contributed by atoms with Gasteiger partial charge in [0.2, 0.25) is 0 Å². The van der Waals surface area contributed by atoms with Crippen LogP contribution in [0.1, 0.15) is 16.8 Å². The molecule has 0 atom stereocenters. The van der Waals surface area contributed by atoms with Crippen molar-refractivity contribution in [2.45, 2.75) is 12.8 Å². The molecule has 0 fully saturated rings. The number of allylic oxidation sites excluding steroid dienone is 1. The molecule has 4 heteroatoms. The highest BCUT2D eigenvalue weighted by Crippen LogP contribution is 2.35. The van der Waals surface area contributed by atoms with Crippen molar-refractivity contribution < 1.29 is 9.53 Å². The lowest BCUT2D eigenvalue weighted by Crippen LogP contribution is -2.21. The van der Waals surface area contributed by atoms with Crippen molar-refractivity contribution in [1.29, 1.82) is 0 Å². The van der Waals surface area contributed by atoms with E-state index in [0.29, 0.717) is 19.4 Å². The average molecular weight is 322 g/mol. The van der Waals surface area contributed by atoms with Crippen LogP contribution in [-0.4, -0.2) is 43.1 Å². The molecule has 0 N–H and O–H groups in total. The molecule has 3 rings (SSSR count). The van der Waals surface area contributed by atoms with E-state index in [1.807, 2.05) is 49.3 Å². The summed E-state index contributed by atoms with van der Waals surface area (Å²) in [4.78, 5) is 19.0. The van der Waals surface area contributed by atoms with Crippen LogP contribution in [-0.2, 0) is 22.4 Å². The van der Waals surface area contributed by atoms with Gasteiger partial charge in [-0.05, 0) is 42.9 Å². The van der Waals surface area contributed by atoms with Crippen LogP contribution in [0.5, 0.6) is 0 Å². The van der Waals surface area contributed by atoms with Gasteiger partial charge in [-0.2, -0.15) is 0 Å². The molecule has 1 aromatic carbocycles. The highest BCUT2D eigenvalue weighted by molar-refractivity contribution is 6.01. The summed E-state index contributed by atoms with van der Waals surface area (Å²) in [6.07, 6.45) is 3.07. The van der Waals surface area contributed by atoms with Crippen LogP contribution in [0.15, 0.2) is 54.2 Å². The fraction of sp³-hybridized carbons (Fsp3) is 0.300. The standard InChI is InChI=1S/C20H22N2O2/c1-22(2)11-12-24-20(23)19-13-15-7-3-4-9-17(15)18(19)14-16-8-5-6-10-21-16/h3-10H,11-14H2,1-2H3. The highest BCUT2D eigenvalue weighted by Gasteiger charge is 2.27. The maximum Gasteiger partial charge on any atom is 0.334 e. The molecule has 0 amide bonds. The van der Waals surface area contributed by atoms with Gasteiger partial charge in [0.05, 0.1) is 0 Å². The summed E-state index contributed by atoms with van der Waals surface area (Å²) in [5.74, 6) is -0.209. The number of esters is 1. The van der Waals surface area contributed by atoms with Crippen LogP contribution in [0.2, 0.25) is 0 Å². The normalized spacial score (nSPS) is 13.3. The Labute approximate surface area is 142 Å². The number of fused-ring (bicyclic) bond motifs is 1. The minimum Gasteiger partial charge on any atom is -0.461 e. The SMILES string of the molecule is CN(C)CCOC(=O)C1=C(Cc2ccccn2)c2ccccc2C1. The molecule has 1 heterocycles. The first-order valence-corrected chi connectivity index (χ1v) is 8.17. The predicted molar refractivity (Wildman–Crippen MR) is 94.5 cm³/mol. The summed E-state index contributed by atoms with van der Waals surface area (Å²) in [5, 5.41) is 0. The molecular formula is C20H22N2O2. The van der Waals surface area contributed by atoms with Gasteiger partial charge in [0, 0.05) is 36.9 Å². The molecule has 4 nitrogen and oxygen atoms in total. The van der Waals surface area contributed by atoms with E-state index >= 15 is 0 Å². The van der Waals surface area contributed by atoms with E-state index < -0.39 is 0 Å². The number of nitrogens with zero attached hydrogens (tertiary/aromatic N) is 2. The van der Waals surface area contributed by atoms with Crippen molar-refractivity contribution >= 4 is 11.5 Å². The van der Waals surface area contributed by atoms with E-state index in [9.17, 15) is 4.79 Å². The van der Waals surface area contributed by atoms with Gasteiger partial charge in [0.15, 0.2) is 0 Å². The Bertz CT molecular complexity index is 751. The topological polar surface area (TPSA) is 42.4 Å². The van der Waals surface area contributed by atoms with Crippen LogP contribution in [0.4, 0.5) is 0 Å². The van der Waals surface area contributed by atoms with Crippen molar-refractivity contribution in [3.8, 4) is 0 Å². The van der Waals surface area contributed by atoms with Crippen molar-refractivity contribution in [2.75, 3.05) is 27.2 Å². The number of benzene rings is 1. The lowest BCUT2D eigenvalue weighted by Gasteiger charge is -2.11. The molecule has 0 bridgehead atoms. The largest absolute Gasteiger partial charge is 0.461 e. The number of rotatable bonds is 6. The zero-order chi connectivity index (χ0) is 16.9. The Hall–Kier alpha value is -2.46. The zero-order valence-electron chi connectivity index (χ0n) is 14.2. The minimum absolute atomic E-state index is 0.209. The lowest BCUT2D eigenvalue weighted by atomic mass is 10.0. The van der Waals surface area contributed by atoms with Crippen molar-refractivity contribution in [2.24, 2.45) is 0 Å². The monoisotopic (exact) mass is 322 g/mol. The molecule has 0 aliphatic heterocycles. The quantitative estimate of drug-likeness (QED) is 0.767. The lowest BCUT2D eigenvalue weighted by molar-refractivity contribution is -0.139. The minimum atomic E-state index is -0.209. The summed E-state index contributed by atoms with van der Waals surface area (Å²) in [5.41, 5.74) is 5.09. The Balaban J connectivity index is 1.85. The summed E-state index contributed by atoms with van der Waals surface area (Å²) in [7, 11) is 3.93. The second-order valence-electron chi connectivity index (χ2n) is 6.23.